The van der Waals surface area contributed by atoms with E-state index in [1.165, 1.54) is 4.90 Å². The van der Waals surface area contributed by atoms with Gasteiger partial charge in [-0.2, -0.15) is 0 Å². The lowest BCUT2D eigenvalue weighted by atomic mass is 9.99. The minimum Gasteiger partial charge on any atom is -0.480 e. The number of aliphatic carboxylic acids is 1. The summed E-state index contributed by atoms with van der Waals surface area (Å²) in [5.74, 6) is -1.03. The van der Waals surface area contributed by atoms with Gasteiger partial charge in [0.15, 0.2) is 0 Å². The van der Waals surface area contributed by atoms with Crippen LogP contribution in [0.5, 0.6) is 0 Å². The Morgan fingerprint density at radius 1 is 1.45 bits per heavy atom. The molecule has 2 rings (SSSR count). The Labute approximate surface area is 118 Å². The average Bonchev–Trinajstić information content (AvgIpc) is 2.81. The summed E-state index contributed by atoms with van der Waals surface area (Å²) in [5.41, 5.74) is 0.138. The SMILES string of the molecule is CN(C)C(=O)c1cc(N2CCCC2(C)C(=O)O)ccn1. The van der Waals surface area contributed by atoms with E-state index in [2.05, 4.69) is 4.98 Å². The molecule has 0 radical (unpaired) electrons. The first-order chi connectivity index (χ1) is 9.36. The molecule has 1 aromatic heterocycles. The summed E-state index contributed by atoms with van der Waals surface area (Å²) in [6, 6.07) is 3.41. The van der Waals surface area contributed by atoms with Crippen molar-refractivity contribution < 1.29 is 14.7 Å². The first-order valence-electron chi connectivity index (χ1n) is 6.55. The fourth-order valence-electron chi connectivity index (χ4n) is 2.53. The van der Waals surface area contributed by atoms with E-state index in [4.69, 9.17) is 0 Å². The number of carboxylic acid groups (broad SMARTS) is 1. The second kappa shape index (κ2) is 5.11. The number of aromatic nitrogens is 1. The Morgan fingerprint density at radius 3 is 2.75 bits per heavy atom. The molecule has 0 saturated carbocycles. The Bertz CT molecular complexity index is 544. The first kappa shape index (κ1) is 14.3. The third kappa shape index (κ3) is 2.33. The van der Waals surface area contributed by atoms with Gasteiger partial charge < -0.3 is 14.9 Å². The van der Waals surface area contributed by atoms with E-state index >= 15 is 0 Å². The van der Waals surface area contributed by atoms with Crippen LogP contribution < -0.4 is 4.90 Å². The van der Waals surface area contributed by atoms with Crippen LogP contribution in [0.1, 0.15) is 30.3 Å². The number of hydrogen-bond donors (Lipinski definition) is 1. The molecule has 1 fully saturated rings. The molecule has 0 bridgehead atoms. The second-order valence-corrected chi connectivity index (χ2v) is 5.43. The van der Waals surface area contributed by atoms with Crippen molar-refractivity contribution in [3.05, 3.63) is 24.0 Å². The van der Waals surface area contributed by atoms with Crippen molar-refractivity contribution in [2.75, 3.05) is 25.5 Å². The van der Waals surface area contributed by atoms with Gasteiger partial charge in [-0.15, -0.1) is 0 Å². The molecule has 20 heavy (non-hydrogen) atoms. The molecule has 1 aromatic rings. The van der Waals surface area contributed by atoms with E-state index in [1.807, 2.05) is 4.90 Å². The van der Waals surface area contributed by atoms with Crippen LogP contribution in [0.15, 0.2) is 18.3 Å². The molecule has 6 nitrogen and oxygen atoms in total. The molecule has 1 saturated heterocycles. The van der Waals surface area contributed by atoms with E-state index in [0.717, 1.165) is 12.1 Å². The number of carboxylic acids is 1. The molecular weight excluding hydrogens is 258 g/mol. The average molecular weight is 277 g/mol. The highest BCUT2D eigenvalue weighted by Crippen LogP contribution is 2.34. The Kier molecular flexibility index (Phi) is 3.65. The molecule has 2 heterocycles. The summed E-state index contributed by atoms with van der Waals surface area (Å²) < 4.78 is 0. The van der Waals surface area contributed by atoms with Crippen LogP contribution in [-0.2, 0) is 4.79 Å². The number of amides is 1. The second-order valence-electron chi connectivity index (χ2n) is 5.43. The summed E-state index contributed by atoms with van der Waals surface area (Å²) in [6.07, 6.45) is 2.97. The van der Waals surface area contributed by atoms with Crippen molar-refractivity contribution in [3.8, 4) is 0 Å². The molecular formula is C14H19N3O3. The number of anilines is 1. The summed E-state index contributed by atoms with van der Waals surface area (Å²) in [5, 5.41) is 9.44. The van der Waals surface area contributed by atoms with Crippen molar-refractivity contribution in [2.45, 2.75) is 25.3 Å². The van der Waals surface area contributed by atoms with Gasteiger partial charge in [0.25, 0.3) is 5.91 Å². The van der Waals surface area contributed by atoms with Crippen molar-refractivity contribution in [2.24, 2.45) is 0 Å². The Balaban J connectivity index is 2.36. The molecule has 1 unspecified atom stereocenters. The quantitative estimate of drug-likeness (QED) is 0.899. The number of hydrogen-bond acceptors (Lipinski definition) is 4. The monoisotopic (exact) mass is 277 g/mol. The zero-order valence-corrected chi connectivity index (χ0v) is 12.0. The van der Waals surface area contributed by atoms with Gasteiger partial charge in [-0.25, -0.2) is 4.79 Å². The predicted octanol–water partition coefficient (Wildman–Crippen LogP) is 1.23. The van der Waals surface area contributed by atoms with Crippen LogP contribution >= 0.6 is 0 Å². The number of rotatable bonds is 3. The maximum atomic E-state index is 11.9. The standard InChI is InChI=1S/C14H19N3O3/c1-14(13(19)20)6-4-8-17(14)10-5-7-15-11(9-10)12(18)16(2)3/h5,7,9H,4,6,8H2,1-3H3,(H,19,20). The third-order valence-electron chi connectivity index (χ3n) is 3.78. The number of carbonyl (C=O) groups is 2. The molecule has 1 amide bonds. The smallest absolute Gasteiger partial charge is 0.329 e. The molecule has 6 heteroatoms. The van der Waals surface area contributed by atoms with Crippen LogP contribution in [-0.4, -0.2) is 53.0 Å². The molecule has 108 valence electrons. The van der Waals surface area contributed by atoms with Crippen molar-refractivity contribution >= 4 is 17.6 Å². The van der Waals surface area contributed by atoms with Crippen LogP contribution in [0.4, 0.5) is 5.69 Å². The Morgan fingerprint density at radius 2 is 2.15 bits per heavy atom. The molecule has 1 aliphatic heterocycles. The highest BCUT2D eigenvalue weighted by Gasteiger charge is 2.43. The molecule has 0 spiro atoms. The number of nitrogens with zero attached hydrogens (tertiary/aromatic N) is 3. The van der Waals surface area contributed by atoms with Gasteiger partial charge in [-0.1, -0.05) is 0 Å². The van der Waals surface area contributed by atoms with Gasteiger partial charge in [-0.05, 0) is 31.9 Å². The lowest BCUT2D eigenvalue weighted by Crippen LogP contribution is -2.48. The first-order valence-corrected chi connectivity index (χ1v) is 6.55. The third-order valence-corrected chi connectivity index (χ3v) is 3.78. The summed E-state index contributed by atoms with van der Waals surface area (Å²) in [4.78, 5) is 30.8. The molecule has 0 aliphatic carbocycles. The van der Waals surface area contributed by atoms with Gasteiger partial charge in [0.2, 0.25) is 0 Å². The van der Waals surface area contributed by atoms with E-state index in [9.17, 15) is 14.7 Å². The van der Waals surface area contributed by atoms with E-state index in [0.29, 0.717) is 18.7 Å². The van der Waals surface area contributed by atoms with Crippen molar-refractivity contribution in [1.29, 1.82) is 0 Å². The van der Waals surface area contributed by atoms with Crippen LogP contribution in [0.25, 0.3) is 0 Å². The maximum Gasteiger partial charge on any atom is 0.329 e. The number of pyridine rings is 1. The molecule has 1 aliphatic rings. The van der Waals surface area contributed by atoms with Gasteiger partial charge >= 0.3 is 5.97 Å². The lowest BCUT2D eigenvalue weighted by Gasteiger charge is -2.33. The summed E-state index contributed by atoms with van der Waals surface area (Å²) in [6.45, 7) is 2.39. The molecule has 0 aromatic carbocycles. The molecule has 1 N–H and O–H groups in total. The predicted molar refractivity (Wildman–Crippen MR) is 74.9 cm³/mol. The van der Waals surface area contributed by atoms with E-state index in [-0.39, 0.29) is 5.91 Å². The van der Waals surface area contributed by atoms with Crippen LogP contribution in [0, 0.1) is 0 Å². The minimum atomic E-state index is -0.917. The van der Waals surface area contributed by atoms with Gasteiger partial charge in [0, 0.05) is 32.5 Å². The van der Waals surface area contributed by atoms with Crippen LogP contribution in [0.3, 0.4) is 0 Å². The minimum absolute atomic E-state index is 0.192. The fourth-order valence-corrected chi connectivity index (χ4v) is 2.53. The lowest BCUT2D eigenvalue weighted by molar-refractivity contribution is -0.142. The zero-order chi connectivity index (χ0) is 14.9. The highest BCUT2D eigenvalue weighted by atomic mass is 16.4. The van der Waals surface area contributed by atoms with Gasteiger partial charge in [0.05, 0.1) is 0 Å². The highest BCUT2D eigenvalue weighted by molar-refractivity contribution is 5.93. The normalized spacial score (nSPS) is 21.9. The largest absolute Gasteiger partial charge is 0.480 e. The van der Waals surface area contributed by atoms with Crippen molar-refractivity contribution in [1.82, 2.24) is 9.88 Å². The van der Waals surface area contributed by atoms with Gasteiger partial charge in [0.1, 0.15) is 11.2 Å². The van der Waals surface area contributed by atoms with Crippen molar-refractivity contribution in [3.63, 3.8) is 0 Å². The Hall–Kier alpha value is -2.11. The van der Waals surface area contributed by atoms with E-state index < -0.39 is 11.5 Å². The summed E-state index contributed by atoms with van der Waals surface area (Å²) in [7, 11) is 3.32. The summed E-state index contributed by atoms with van der Waals surface area (Å²) >= 11 is 0. The maximum absolute atomic E-state index is 11.9. The van der Waals surface area contributed by atoms with E-state index in [1.54, 1.807) is 39.3 Å². The van der Waals surface area contributed by atoms with Crippen LogP contribution in [0.2, 0.25) is 0 Å². The molecule has 1 atom stereocenters. The fraction of sp³-hybridized carbons (Fsp3) is 0.500. The van der Waals surface area contributed by atoms with Gasteiger partial charge in [-0.3, -0.25) is 9.78 Å². The zero-order valence-electron chi connectivity index (χ0n) is 12.0. The number of carbonyl (C=O) groups excluding carboxylic acids is 1. The topological polar surface area (TPSA) is 73.7 Å².